The van der Waals surface area contributed by atoms with Crippen molar-refractivity contribution in [2.75, 3.05) is 0 Å². The Balaban J connectivity index is 2.24. The average molecular weight is 200 g/mol. The fourth-order valence-electron chi connectivity index (χ4n) is 1.32. The largest absolute Gasteiger partial charge is 0.440 e. The molecule has 0 unspecified atom stereocenters. The molecule has 2 aromatic rings. The summed E-state index contributed by atoms with van der Waals surface area (Å²) in [5.74, 6) is 1.35. The summed E-state index contributed by atoms with van der Waals surface area (Å²) in [6.07, 6.45) is 2.18. The van der Waals surface area contributed by atoms with Crippen LogP contribution in [-0.4, -0.2) is 4.98 Å². The zero-order chi connectivity index (χ0) is 10.7. The molecular formula is C12H12N2O. The Morgan fingerprint density at radius 3 is 2.73 bits per heavy atom. The summed E-state index contributed by atoms with van der Waals surface area (Å²) in [4.78, 5) is 4.13. The number of rotatable bonds is 3. The third kappa shape index (κ3) is 2.26. The molecule has 0 bridgehead atoms. The van der Waals surface area contributed by atoms with E-state index in [1.165, 1.54) is 0 Å². The Kier molecular flexibility index (Phi) is 2.54. The first-order valence-corrected chi connectivity index (χ1v) is 4.69. The van der Waals surface area contributed by atoms with Crippen molar-refractivity contribution in [3.05, 3.63) is 54.7 Å². The Bertz CT molecular complexity index is 459. The summed E-state index contributed by atoms with van der Waals surface area (Å²) < 4.78 is 5.53. The Labute approximate surface area is 88.2 Å². The predicted octanol–water partition coefficient (Wildman–Crippen LogP) is 2.36. The molecule has 2 rings (SSSR count). The number of nitrogens with zero attached hydrogens (tertiary/aromatic N) is 1. The lowest BCUT2D eigenvalue weighted by Gasteiger charge is -1.95. The average Bonchev–Trinajstić information content (AvgIpc) is 2.67. The molecule has 0 aliphatic carbocycles. The van der Waals surface area contributed by atoms with E-state index in [4.69, 9.17) is 10.2 Å². The van der Waals surface area contributed by atoms with Crippen molar-refractivity contribution < 1.29 is 4.42 Å². The maximum Gasteiger partial charge on any atom is 0.200 e. The molecule has 2 N–H and O–H groups in total. The zero-order valence-electron chi connectivity index (χ0n) is 8.31. The summed E-state index contributed by atoms with van der Waals surface area (Å²) in [6, 6.07) is 9.82. The Morgan fingerprint density at radius 1 is 1.33 bits per heavy atom. The first-order valence-electron chi connectivity index (χ1n) is 4.69. The molecule has 15 heavy (non-hydrogen) atoms. The number of allylic oxidation sites excluding steroid dienone is 1. The van der Waals surface area contributed by atoms with Gasteiger partial charge >= 0.3 is 0 Å². The minimum atomic E-state index is 0.479. The third-order valence-electron chi connectivity index (χ3n) is 1.99. The molecule has 1 heterocycles. The van der Waals surface area contributed by atoms with Gasteiger partial charge in [0.2, 0.25) is 5.89 Å². The summed E-state index contributed by atoms with van der Waals surface area (Å²) >= 11 is 0. The lowest BCUT2D eigenvalue weighted by molar-refractivity contribution is 0.517. The van der Waals surface area contributed by atoms with Gasteiger partial charge in [-0.1, -0.05) is 36.9 Å². The SMILES string of the molecule is C=C(N)Cc1ncc(-c2ccccc2)o1. The van der Waals surface area contributed by atoms with E-state index in [1.54, 1.807) is 6.20 Å². The Morgan fingerprint density at radius 2 is 2.07 bits per heavy atom. The zero-order valence-corrected chi connectivity index (χ0v) is 8.31. The third-order valence-corrected chi connectivity index (χ3v) is 1.99. The van der Waals surface area contributed by atoms with E-state index < -0.39 is 0 Å². The van der Waals surface area contributed by atoms with E-state index in [0.717, 1.165) is 11.3 Å². The highest BCUT2D eigenvalue weighted by molar-refractivity contribution is 5.55. The van der Waals surface area contributed by atoms with Crippen molar-refractivity contribution in [1.82, 2.24) is 4.98 Å². The van der Waals surface area contributed by atoms with Gasteiger partial charge in [-0.2, -0.15) is 0 Å². The van der Waals surface area contributed by atoms with Crippen LogP contribution < -0.4 is 5.73 Å². The van der Waals surface area contributed by atoms with Crippen LogP contribution in [0.1, 0.15) is 5.89 Å². The van der Waals surface area contributed by atoms with Crippen LogP contribution in [0, 0.1) is 0 Å². The molecule has 0 amide bonds. The molecular weight excluding hydrogens is 188 g/mol. The summed E-state index contributed by atoms with van der Waals surface area (Å²) in [6.45, 7) is 3.61. The van der Waals surface area contributed by atoms with E-state index in [9.17, 15) is 0 Å². The number of hydrogen-bond donors (Lipinski definition) is 1. The van der Waals surface area contributed by atoms with Crippen LogP contribution in [0.5, 0.6) is 0 Å². The van der Waals surface area contributed by atoms with Crippen molar-refractivity contribution in [1.29, 1.82) is 0 Å². The van der Waals surface area contributed by atoms with Crippen molar-refractivity contribution in [3.8, 4) is 11.3 Å². The van der Waals surface area contributed by atoms with Crippen molar-refractivity contribution >= 4 is 0 Å². The van der Waals surface area contributed by atoms with Gasteiger partial charge in [0.15, 0.2) is 5.76 Å². The second kappa shape index (κ2) is 4.00. The number of benzene rings is 1. The molecule has 1 aromatic carbocycles. The fourth-order valence-corrected chi connectivity index (χ4v) is 1.32. The van der Waals surface area contributed by atoms with Gasteiger partial charge < -0.3 is 10.2 Å². The maximum absolute atomic E-state index is 5.53. The smallest absolute Gasteiger partial charge is 0.200 e. The number of hydrogen-bond acceptors (Lipinski definition) is 3. The monoisotopic (exact) mass is 200 g/mol. The minimum absolute atomic E-state index is 0.479. The van der Waals surface area contributed by atoms with Crippen LogP contribution in [0.3, 0.4) is 0 Å². The van der Waals surface area contributed by atoms with Gasteiger partial charge in [0.25, 0.3) is 0 Å². The van der Waals surface area contributed by atoms with Crippen molar-refractivity contribution in [2.24, 2.45) is 5.73 Å². The molecule has 0 radical (unpaired) electrons. The number of nitrogens with two attached hydrogens (primary N) is 1. The van der Waals surface area contributed by atoms with Gasteiger partial charge in [0.1, 0.15) is 0 Å². The standard InChI is InChI=1S/C12H12N2O/c1-9(13)7-12-14-8-11(15-12)10-5-3-2-4-6-10/h2-6,8H,1,7,13H2. The predicted molar refractivity (Wildman–Crippen MR) is 59.0 cm³/mol. The summed E-state index contributed by atoms with van der Waals surface area (Å²) in [7, 11) is 0. The normalized spacial score (nSPS) is 10.1. The van der Waals surface area contributed by atoms with E-state index in [1.807, 2.05) is 30.3 Å². The second-order valence-corrected chi connectivity index (χ2v) is 3.32. The van der Waals surface area contributed by atoms with Crippen LogP contribution in [0.2, 0.25) is 0 Å². The quantitative estimate of drug-likeness (QED) is 0.827. The van der Waals surface area contributed by atoms with Gasteiger partial charge in [-0.15, -0.1) is 0 Å². The van der Waals surface area contributed by atoms with E-state index in [0.29, 0.717) is 18.0 Å². The molecule has 3 nitrogen and oxygen atoms in total. The molecule has 3 heteroatoms. The number of oxazole rings is 1. The second-order valence-electron chi connectivity index (χ2n) is 3.32. The van der Waals surface area contributed by atoms with Crippen LogP contribution in [0.25, 0.3) is 11.3 Å². The molecule has 1 aromatic heterocycles. The Hall–Kier alpha value is -2.03. The van der Waals surface area contributed by atoms with Gasteiger partial charge in [0.05, 0.1) is 12.6 Å². The van der Waals surface area contributed by atoms with Crippen LogP contribution >= 0.6 is 0 Å². The first kappa shape index (κ1) is 9.52. The topological polar surface area (TPSA) is 52.0 Å². The van der Waals surface area contributed by atoms with Crippen LogP contribution in [0.15, 0.2) is 53.2 Å². The van der Waals surface area contributed by atoms with Crippen molar-refractivity contribution in [3.63, 3.8) is 0 Å². The first-order chi connectivity index (χ1) is 7.25. The molecule has 0 fully saturated rings. The highest BCUT2D eigenvalue weighted by atomic mass is 16.4. The fraction of sp³-hybridized carbons (Fsp3) is 0.0833. The van der Waals surface area contributed by atoms with Crippen molar-refractivity contribution in [2.45, 2.75) is 6.42 Å². The van der Waals surface area contributed by atoms with E-state index in [-0.39, 0.29) is 0 Å². The number of aromatic nitrogens is 1. The van der Waals surface area contributed by atoms with Gasteiger partial charge in [-0.05, 0) is 0 Å². The molecule has 0 saturated carbocycles. The molecule has 76 valence electrons. The minimum Gasteiger partial charge on any atom is -0.440 e. The highest BCUT2D eigenvalue weighted by Crippen LogP contribution is 2.20. The highest BCUT2D eigenvalue weighted by Gasteiger charge is 2.05. The summed E-state index contributed by atoms with van der Waals surface area (Å²) in [5, 5.41) is 0. The van der Waals surface area contributed by atoms with E-state index in [2.05, 4.69) is 11.6 Å². The maximum atomic E-state index is 5.53. The van der Waals surface area contributed by atoms with Crippen LogP contribution in [-0.2, 0) is 6.42 Å². The van der Waals surface area contributed by atoms with Gasteiger partial charge in [-0.3, -0.25) is 0 Å². The molecule has 0 saturated heterocycles. The van der Waals surface area contributed by atoms with Gasteiger partial charge in [-0.25, -0.2) is 4.98 Å². The lowest BCUT2D eigenvalue weighted by atomic mass is 10.2. The molecule has 0 aliphatic rings. The molecule has 0 spiro atoms. The van der Waals surface area contributed by atoms with Crippen LogP contribution in [0.4, 0.5) is 0 Å². The molecule has 0 atom stereocenters. The molecule has 0 aliphatic heterocycles. The van der Waals surface area contributed by atoms with E-state index >= 15 is 0 Å². The van der Waals surface area contributed by atoms with Gasteiger partial charge in [0, 0.05) is 11.3 Å². The summed E-state index contributed by atoms with van der Waals surface area (Å²) in [5.41, 5.74) is 7.04. The lowest BCUT2D eigenvalue weighted by Crippen LogP contribution is -1.98.